The quantitative estimate of drug-likeness (QED) is 0.765. The molecule has 0 aliphatic rings. The maximum atomic E-state index is 12.2. The van der Waals surface area contributed by atoms with Gasteiger partial charge in [-0.1, -0.05) is 19.1 Å². The van der Waals surface area contributed by atoms with Crippen molar-refractivity contribution in [2.45, 2.75) is 18.9 Å². The summed E-state index contributed by atoms with van der Waals surface area (Å²) in [4.78, 5) is 0. The van der Waals surface area contributed by atoms with Crippen LogP contribution in [0.4, 0.5) is 0 Å². The van der Waals surface area contributed by atoms with E-state index in [9.17, 15) is 8.42 Å². The minimum absolute atomic E-state index is 0.0767. The number of hydrogen-bond acceptors (Lipinski definition) is 5. The Morgan fingerprint density at radius 2 is 2.12 bits per heavy atom. The van der Waals surface area contributed by atoms with Gasteiger partial charge in [-0.15, -0.1) is 5.10 Å². The van der Waals surface area contributed by atoms with Crippen LogP contribution in [0.5, 0.6) is 0 Å². The topological polar surface area (TPSA) is 94.1 Å². The van der Waals surface area contributed by atoms with Crippen LogP contribution in [0.2, 0.25) is 0 Å². The molecule has 0 radical (unpaired) electrons. The summed E-state index contributed by atoms with van der Waals surface area (Å²) < 4.78 is 26.9. The van der Waals surface area contributed by atoms with Gasteiger partial charge in [0.25, 0.3) is 10.0 Å². The van der Waals surface area contributed by atoms with Gasteiger partial charge in [-0.25, -0.2) is 13.1 Å². The van der Waals surface area contributed by atoms with Crippen LogP contribution in [0, 0.1) is 5.41 Å². The first-order valence-electron chi connectivity index (χ1n) is 5.22. The van der Waals surface area contributed by atoms with Crippen LogP contribution in [0.1, 0.15) is 13.8 Å². The van der Waals surface area contributed by atoms with Crippen LogP contribution < -0.4 is 5.73 Å². The molecule has 0 aliphatic carbocycles. The molecule has 2 N–H and O–H groups in total. The Labute approximate surface area is 102 Å². The highest BCUT2D eigenvalue weighted by Gasteiger charge is 2.29. The Hall–Kier alpha value is -0.990. The molecule has 17 heavy (non-hydrogen) atoms. The van der Waals surface area contributed by atoms with Crippen LogP contribution in [0.15, 0.2) is 11.2 Å². The molecule has 8 heteroatoms. The summed E-state index contributed by atoms with van der Waals surface area (Å²) in [5, 5.41) is 7.26. The average Bonchev–Trinajstić information content (AvgIpc) is 2.64. The highest BCUT2D eigenvalue weighted by Crippen LogP contribution is 2.19. The summed E-state index contributed by atoms with van der Waals surface area (Å²) in [7, 11) is -0.483. The SMILES string of the molecule is CN(CC(C)(C)CN)S(=O)(=O)c1cnnn1C. The van der Waals surface area contributed by atoms with Gasteiger partial charge in [0.1, 0.15) is 0 Å². The second-order valence-corrected chi connectivity index (χ2v) is 6.82. The van der Waals surface area contributed by atoms with Crippen molar-refractivity contribution in [1.82, 2.24) is 19.3 Å². The highest BCUT2D eigenvalue weighted by atomic mass is 32.2. The summed E-state index contributed by atoms with van der Waals surface area (Å²) in [5.74, 6) is 0. The van der Waals surface area contributed by atoms with E-state index in [4.69, 9.17) is 5.73 Å². The molecule has 1 aromatic heterocycles. The fourth-order valence-corrected chi connectivity index (χ4v) is 2.82. The maximum Gasteiger partial charge on any atom is 0.261 e. The predicted octanol–water partition coefficient (Wildman–Crippen LogP) is -0.579. The van der Waals surface area contributed by atoms with Gasteiger partial charge in [0.15, 0.2) is 5.03 Å². The summed E-state index contributed by atoms with van der Waals surface area (Å²) in [5.41, 5.74) is 5.33. The zero-order chi connectivity index (χ0) is 13.3. The van der Waals surface area contributed by atoms with E-state index in [2.05, 4.69) is 10.3 Å². The molecule has 0 aliphatic heterocycles. The van der Waals surface area contributed by atoms with Crippen molar-refractivity contribution in [3.8, 4) is 0 Å². The smallest absolute Gasteiger partial charge is 0.261 e. The monoisotopic (exact) mass is 261 g/mol. The molecule has 98 valence electrons. The van der Waals surface area contributed by atoms with Crippen LogP contribution in [0.3, 0.4) is 0 Å². The standard InChI is InChI=1S/C9H19N5O2S/c1-9(2,6-10)7-13(3)17(15,16)8-5-11-12-14(8)4/h5H,6-7,10H2,1-4H3. The molecule has 0 saturated heterocycles. The Balaban J connectivity index is 2.97. The summed E-state index contributed by atoms with van der Waals surface area (Å²) in [6, 6.07) is 0. The molecule has 0 fully saturated rings. The third-order valence-corrected chi connectivity index (χ3v) is 4.40. The molecule has 1 heterocycles. The molecule has 1 aromatic rings. The van der Waals surface area contributed by atoms with E-state index < -0.39 is 10.0 Å². The number of sulfonamides is 1. The minimum atomic E-state index is -3.55. The van der Waals surface area contributed by atoms with E-state index >= 15 is 0 Å². The molecule has 0 aromatic carbocycles. The van der Waals surface area contributed by atoms with Crippen molar-refractivity contribution in [2.24, 2.45) is 18.2 Å². The number of hydrogen-bond donors (Lipinski definition) is 1. The van der Waals surface area contributed by atoms with Gasteiger partial charge >= 0.3 is 0 Å². The summed E-state index contributed by atoms with van der Waals surface area (Å²) >= 11 is 0. The lowest BCUT2D eigenvalue weighted by atomic mass is 9.94. The first-order valence-corrected chi connectivity index (χ1v) is 6.66. The van der Waals surface area contributed by atoms with Crippen LogP contribution >= 0.6 is 0 Å². The zero-order valence-corrected chi connectivity index (χ0v) is 11.4. The largest absolute Gasteiger partial charge is 0.330 e. The number of aryl methyl sites for hydroxylation is 1. The molecule has 7 nitrogen and oxygen atoms in total. The molecule has 0 spiro atoms. The van der Waals surface area contributed by atoms with E-state index in [1.54, 1.807) is 7.05 Å². The van der Waals surface area contributed by atoms with Gasteiger partial charge < -0.3 is 5.73 Å². The normalized spacial score (nSPS) is 13.3. The van der Waals surface area contributed by atoms with Crippen LogP contribution in [-0.2, 0) is 17.1 Å². The highest BCUT2D eigenvalue weighted by molar-refractivity contribution is 7.89. The van der Waals surface area contributed by atoms with Crippen molar-refractivity contribution in [1.29, 1.82) is 0 Å². The fraction of sp³-hybridized carbons (Fsp3) is 0.778. The van der Waals surface area contributed by atoms with Crippen molar-refractivity contribution < 1.29 is 8.42 Å². The van der Waals surface area contributed by atoms with E-state index in [1.807, 2.05) is 13.8 Å². The van der Waals surface area contributed by atoms with Gasteiger partial charge in [-0.2, -0.15) is 4.31 Å². The summed E-state index contributed by atoms with van der Waals surface area (Å²) in [6.07, 6.45) is 1.24. The molecule has 1 rings (SSSR count). The predicted molar refractivity (Wildman–Crippen MR) is 63.7 cm³/mol. The van der Waals surface area contributed by atoms with Gasteiger partial charge in [-0.3, -0.25) is 0 Å². The Kier molecular flexibility index (Phi) is 3.90. The van der Waals surface area contributed by atoms with Crippen molar-refractivity contribution in [3.05, 3.63) is 6.20 Å². The molecule has 0 bridgehead atoms. The zero-order valence-electron chi connectivity index (χ0n) is 10.6. The van der Waals surface area contributed by atoms with E-state index in [0.717, 1.165) is 0 Å². The van der Waals surface area contributed by atoms with Gasteiger partial charge in [0.2, 0.25) is 0 Å². The number of nitrogens with two attached hydrogens (primary N) is 1. The average molecular weight is 261 g/mol. The van der Waals surface area contributed by atoms with Crippen LogP contribution in [0.25, 0.3) is 0 Å². The lowest BCUT2D eigenvalue weighted by Gasteiger charge is -2.28. The second-order valence-electron chi connectivity index (χ2n) is 4.83. The first-order chi connectivity index (χ1) is 7.70. The third kappa shape index (κ3) is 3.02. The van der Waals surface area contributed by atoms with E-state index in [-0.39, 0.29) is 10.4 Å². The fourth-order valence-electron chi connectivity index (χ4n) is 1.43. The number of aromatic nitrogens is 3. The first kappa shape index (κ1) is 14.1. The maximum absolute atomic E-state index is 12.2. The van der Waals surface area contributed by atoms with Crippen molar-refractivity contribution in [2.75, 3.05) is 20.1 Å². The molecular weight excluding hydrogens is 242 g/mol. The van der Waals surface area contributed by atoms with Gasteiger partial charge in [0, 0.05) is 20.6 Å². The summed E-state index contributed by atoms with van der Waals surface area (Å²) in [6.45, 7) is 4.59. The molecule has 0 unspecified atom stereocenters. The molecule has 0 amide bonds. The lowest BCUT2D eigenvalue weighted by Crippen LogP contribution is -2.40. The Bertz CT molecular complexity index is 479. The van der Waals surface area contributed by atoms with E-state index in [1.165, 1.54) is 22.2 Å². The van der Waals surface area contributed by atoms with Crippen molar-refractivity contribution >= 4 is 10.0 Å². The van der Waals surface area contributed by atoms with Gasteiger partial charge in [-0.05, 0) is 12.0 Å². The third-order valence-electron chi connectivity index (χ3n) is 2.55. The molecule has 0 saturated carbocycles. The van der Waals surface area contributed by atoms with Crippen molar-refractivity contribution in [3.63, 3.8) is 0 Å². The number of nitrogens with zero attached hydrogens (tertiary/aromatic N) is 4. The molecular formula is C9H19N5O2S. The second kappa shape index (κ2) is 4.71. The lowest BCUT2D eigenvalue weighted by molar-refractivity contribution is 0.290. The minimum Gasteiger partial charge on any atom is -0.330 e. The number of rotatable bonds is 5. The Morgan fingerprint density at radius 3 is 2.53 bits per heavy atom. The van der Waals surface area contributed by atoms with Crippen LogP contribution in [-0.4, -0.2) is 47.9 Å². The molecule has 0 atom stereocenters. The van der Waals surface area contributed by atoms with E-state index in [0.29, 0.717) is 13.1 Å². The Morgan fingerprint density at radius 1 is 1.53 bits per heavy atom. The van der Waals surface area contributed by atoms with Gasteiger partial charge in [0.05, 0.1) is 6.20 Å².